The normalized spacial score (nSPS) is 20.0. The molecule has 0 amide bonds. The van der Waals surface area contributed by atoms with Gasteiger partial charge in [-0.05, 0) is 11.5 Å². The van der Waals surface area contributed by atoms with E-state index in [1.165, 1.54) is 19.2 Å². The maximum Gasteiger partial charge on any atom is 0.310 e. The summed E-state index contributed by atoms with van der Waals surface area (Å²) in [6.07, 6.45) is 0. The molecular formula is C16H23IN4O4. The second kappa shape index (κ2) is 9.54. The Morgan fingerprint density at radius 1 is 1.40 bits per heavy atom. The summed E-state index contributed by atoms with van der Waals surface area (Å²) in [5, 5.41) is 13.9. The SMILES string of the molecule is CN=C(NCc1ccc([N+](=O)[O-])cc1)N1CC(C)C(C(=O)OC)C1.I. The third kappa shape index (κ3) is 5.28. The molecule has 1 aliphatic heterocycles. The van der Waals surface area contributed by atoms with Crippen molar-refractivity contribution < 1.29 is 14.5 Å². The summed E-state index contributed by atoms with van der Waals surface area (Å²) in [7, 11) is 3.09. The number of carbonyl (C=O) groups is 1. The number of likely N-dealkylation sites (tertiary alicyclic amines) is 1. The molecule has 0 bridgehead atoms. The van der Waals surface area contributed by atoms with Gasteiger partial charge in [0.15, 0.2) is 5.96 Å². The fourth-order valence-electron chi connectivity index (χ4n) is 2.85. The van der Waals surface area contributed by atoms with Crippen LogP contribution in [0.1, 0.15) is 12.5 Å². The minimum absolute atomic E-state index is 0. The number of guanidine groups is 1. The summed E-state index contributed by atoms with van der Waals surface area (Å²) in [6.45, 7) is 3.80. The predicted molar refractivity (Wildman–Crippen MR) is 105 cm³/mol. The number of nitro groups is 1. The van der Waals surface area contributed by atoms with Gasteiger partial charge in [-0.25, -0.2) is 0 Å². The molecule has 1 aliphatic rings. The van der Waals surface area contributed by atoms with Crippen molar-refractivity contribution in [1.82, 2.24) is 10.2 Å². The number of hydrogen-bond donors (Lipinski definition) is 1. The Morgan fingerprint density at radius 3 is 2.56 bits per heavy atom. The fourth-order valence-corrected chi connectivity index (χ4v) is 2.85. The van der Waals surface area contributed by atoms with Crippen LogP contribution in [0.3, 0.4) is 0 Å². The number of hydrogen-bond acceptors (Lipinski definition) is 5. The van der Waals surface area contributed by atoms with Crippen LogP contribution in [0, 0.1) is 22.0 Å². The number of halogens is 1. The van der Waals surface area contributed by atoms with E-state index in [4.69, 9.17) is 4.74 Å². The summed E-state index contributed by atoms with van der Waals surface area (Å²) in [4.78, 5) is 28.3. The first-order valence-corrected chi connectivity index (χ1v) is 7.73. The molecule has 0 saturated carbocycles. The molecule has 0 aromatic heterocycles. The van der Waals surface area contributed by atoms with Crippen molar-refractivity contribution >= 4 is 41.6 Å². The van der Waals surface area contributed by atoms with Crippen molar-refractivity contribution in [3.8, 4) is 0 Å². The zero-order chi connectivity index (χ0) is 17.7. The van der Waals surface area contributed by atoms with Gasteiger partial charge in [0.25, 0.3) is 5.69 Å². The van der Waals surface area contributed by atoms with Gasteiger partial charge >= 0.3 is 5.97 Å². The second-order valence-electron chi connectivity index (χ2n) is 5.84. The molecule has 0 radical (unpaired) electrons. The first kappa shape index (κ1) is 21.1. The fraction of sp³-hybridized carbons (Fsp3) is 0.500. The second-order valence-corrected chi connectivity index (χ2v) is 5.84. The zero-order valence-corrected chi connectivity index (χ0v) is 16.8. The van der Waals surface area contributed by atoms with Crippen LogP contribution in [-0.4, -0.2) is 49.0 Å². The third-order valence-corrected chi connectivity index (χ3v) is 4.23. The Morgan fingerprint density at radius 2 is 2.04 bits per heavy atom. The van der Waals surface area contributed by atoms with E-state index in [2.05, 4.69) is 10.3 Å². The van der Waals surface area contributed by atoms with Crippen molar-refractivity contribution in [2.45, 2.75) is 13.5 Å². The lowest BCUT2D eigenvalue weighted by Gasteiger charge is -2.21. The molecule has 1 aromatic carbocycles. The van der Waals surface area contributed by atoms with E-state index < -0.39 is 4.92 Å². The van der Waals surface area contributed by atoms with Gasteiger partial charge in [0, 0.05) is 38.8 Å². The summed E-state index contributed by atoms with van der Waals surface area (Å²) in [5.41, 5.74) is 0.982. The summed E-state index contributed by atoms with van der Waals surface area (Å²) >= 11 is 0. The molecule has 9 heteroatoms. The van der Waals surface area contributed by atoms with E-state index in [1.807, 2.05) is 11.8 Å². The van der Waals surface area contributed by atoms with Gasteiger partial charge in [0.05, 0.1) is 18.0 Å². The van der Waals surface area contributed by atoms with Crippen molar-refractivity contribution in [2.24, 2.45) is 16.8 Å². The molecular weight excluding hydrogens is 439 g/mol. The van der Waals surface area contributed by atoms with E-state index in [-0.39, 0.29) is 47.5 Å². The average Bonchev–Trinajstić information content (AvgIpc) is 2.96. The van der Waals surface area contributed by atoms with E-state index in [0.29, 0.717) is 19.0 Å². The number of ether oxygens (including phenoxy) is 1. The summed E-state index contributed by atoms with van der Waals surface area (Å²) < 4.78 is 4.85. The first-order chi connectivity index (χ1) is 11.5. The third-order valence-electron chi connectivity index (χ3n) is 4.23. The highest BCUT2D eigenvalue weighted by Crippen LogP contribution is 2.24. The Kier molecular flexibility index (Phi) is 8.07. The van der Waals surface area contributed by atoms with Crippen LogP contribution in [0.15, 0.2) is 29.3 Å². The average molecular weight is 462 g/mol. The predicted octanol–water partition coefficient (Wildman–Crippen LogP) is 2.03. The Hall–Kier alpha value is -1.91. The van der Waals surface area contributed by atoms with Crippen LogP contribution in [0.5, 0.6) is 0 Å². The molecule has 0 spiro atoms. The van der Waals surface area contributed by atoms with Crippen LogP contribution in [-0.2, 0) is 16.1 Å². The molecule has 2 unspecified atom stereocenters. The molecule has 25 heavy (non-hydrogen) atoms. The zero-order valence-electron chi connectivity index (χ0n) is 14.5. The number of methoxy groups -OCH3 is 1. The lowest BCUT2D eigenvalue weighted by molar-refractivity contribution is -0.384. The number of carbonyl (C=O) groups excluding carboxylic acids is 1. The van der Waals surface area contributed by atoms with Gasteiger partial charge in [-0.15, -0.1) is 24.0 Å². The van der Waals surface area contributed by atoms with Gasteiger partial charge in [0.1, 0.15) is 0 Å². The summed E-state index contributed by atoms with van der Waals surface area (Å²) in [6, 6.07) is 6.38. The lowest BCUT2D eigenvalue weighted by atomic mass is 9.99. The van der Waals surface area contributed by atoms with Crippen LogP contribution in [0.2, 0.25) is 0 Å². The highest BCUT2D eigenvalue weighted by atomic mass is 127. The van der Waals surface area contributed by atoms with Crippen LogP contribution < -0.4 is 5.32 Å². The van der Waals surface area contributed by atoms with Gasteiger partial charge in [-0.1, -0.05) is 19.1 Å². The quantitative estimate of drug-likeness (QED) is 0.184. The smallest absolute Gasteiger partial charge is 0.310 e. The number of nitrogens with one attached hydrogen (secondary N) is 1. The molecule has 2 rings (SSSR count). The van der Waals surface area contributed by atoms with Gasteiger partial charge in [-0.2, -0.15) is 0 Å². The molecule has 1 fully saturated rings. The van der Waals surface area contributed by atoms with Crippen molar-refractivity contribution in [3.63, 3.8) is 0 Å². The van der Waals surface area contributed by atoms with Crippen molar-refractivity contribution in [1.29, 1.82) is 0 Å². The highest BCUT2D eigenvalue weighted by Gasteiger charge is 2.36. The first-order valence-electron chi connectivity index (χ1n) is 7.73. The summed E-state index contributed by atoms with van der Waals surface area (Å²) in [5.74, 6) is 0.533. The van der Waals surface area contributed by atoms with E-state index in [1.54, 1.807) is 19.2 Å². The maximum atomic E-state index is 11.8. The molecule has 1 heterocycles. The highest BCUT2D eigenvalue weighted by molar-refractivity contribution is 14.0. The molecule has 138 valence electrons. The van der Waals surface area contributed by atoms with E-state index >= 15 is 0 Å². The van der Waals surface area contributed by atoms with Crippen molar-refractivity contribution in [3.05, 3.63) is 39.9 Å². The van der Waals surface area contributed by atoms with Gasteiger partial charge in [-0.3, -0.25) is 19.9 Å². The number of nitrogens with zero attached hydrogens (tertiary/aromatic N) is 3. The molecule has 0 aliphatic carbocycles. The van der Waals surface area contributed by atoms with E-state index in [9.17, 15) is 14.9 Å². The van der Waals surface area contributed by atoms with Gasteiger partial charge < -0.3 is 15.0 Å². The van der Waals surface area contributed by atoms with E-state index in [0.717, 1.165) is 12.1 Å². The lowest BCUT2D eigenvalue weighted by Crippen LogP contribution is -2.40. The number of rotatable bonds is 4. The monoisotopic (exact) mass is 462 g/mol. The Balaban J connectivity index is 0.00000312. The number of aliphatic imine (C=N–C) groups is 1. The molecule has 1 aromatic rings. The molecule has 1 saturated heterocycles. The topological polar surface area (TPSA) is 97.1 Å². The standard InChI is InChI=1S/C16H22N4O4.HI/c1-11-9-19(10-14(11)15(21)24-3)16(17-2)18-8-12-4-6-13(7-5-12)20(22)23;/h4-7,11,14H,8-10H2,1-3H3,(H,17,18);1H. The number of esters is 1. The molecule has 1 N–H and O–H groups in total. The van der Waals surface area contributed by atoms with Crippen molar-refractivity contribution in [2.75, 3.05) is 27.2 Å². The molecule has 2 atom stereocenters. The largest absolute Gasteiger partial charge is 0.469 e. The molecule has 8 nitrogen and oxygen atoms in total. The Labute approximate surface area is 163 Å². The minimum Gasteiger partial charge on any atom is -0.469 e. The number of benzene rings is 1. The maximum absolute atomic E-state index is 11.8. The van der Waals surface area contributed by atoms with Crippen LogP contribution in [0.25, 0.3) is 0 Å². The number of non-ortho nitro benzene ring substituents is 1. The Bertz CT molecular complexity index is 636. The minimum atomic E-state index is -0.422. The van der Waals surface area contributed by atoms with Gasteiger partial charge in [0.2, 0.25) is 0 Å². The van der Waals surface area contributed by atoms with Crippen LogP contribution in [0.4, 0.5) is 5.69 Å². The number of nitro benzene ring substituents is 1. The van der Waals surface area contributed by atoms with Crippen LogP contribution >= 0.6 is 24.0 Å².